The summed E-state index contributed by atoms with van der Waals surface area (Å²) < 4.78 is 6.03. The summed E-state index contributed by atoms with van der Waals surface area (Å²) in [5.74, 6) is 1.79. The number of hydrogen-bond donors (Lipinski definition) is 0. The van der Waals surface area contributed by atoms with Crippen LogP contribution < -0.4 is 9.64 Å². The molecular weight excluding hydrogens is 378 g/mol. The fraction of sp³-hybridized carbons (Fsp3) is 0.240. The van der Waals surface area contributed by atoms with E-state index in [1.165, 1.54) is 0 Å². The molecule has 1 fully saturated rings. The Bertz CT molecular complexity index is 945. The molecule has 29 heavy (non-hydrogen) atoms. The maximum atomic E-state index is 13.2. The minimum absolute atomic E-state index is 0.00106. The number of hydrogen-bond acceptors (Lipinski definition) is 3. The Balaban J connectivity index is 1.64. The lowest BCUT2D eigenvalue weighted by Crippen LogP contribution is -2.31. The van der Waals surface area contributed by atoms with Crippen LogP contribution in [-0.2, 0) is 4.79 Å². The maximum absolute atomic E-state index is 13.2. The van der Waals surface area contributed by atoms with Crippen LogP contribution in [0.15, 0.2) is 84.9 Å². The van der Waals surface area contributed by atoms with Crippen LogP contribution in [0.4, 0.5) is 5.69 Å². The smallest absolute Gasteiger partial charge is 0.241 e. The van der Waals surface area contributed by atoms with E-state index in [0.29, 0.717) is 0 Å². The summed E-state index contributed by atoms with van der Waals surface area (Å²) in [5.41, 5.74) is 2.03. The molecule has 3 nitrogen and oxygen atoms in total. The highest BCUT2D eigenvalue weighted by Crippen LogP contribution is 2.47. The summed E-state index contributed by atoms with van der Waals surface area (Å²) in [6.45, 7) is 2.17. The fourth-order valence-electron chi connectivity index (χ4n) is 3.56. The van der Waals surface area contributed by atoms with Gasteiger partial charge in [-0.2, -0.15) is 0 Å². The van der Waals surface area contributed by atoms with Crippen LogP contribution in [-0.4, -0.2) is 11.2 Å². The van der Waals surface area contributed by atoms with Crippen molar-refractivity contribution in [3.8, 4) is 11.5 Å². The molecule has 0 aliphatic carbocycles. The number of benzene rings is 3. The molecule has 1 saturated heterocycles. The molecule has 0 spiro atoms. The number of carbonyl (C=O) groups is 1. The van der Waals surface area contributed by atoms with Crippen molar-refractivity contribution < 1.29 is 9.53 Å². The molecule has 148 valence electrons. The number of para-hydroxylation sites is 2. The average Bonchev–Trinajstić information content (AvgIpc) is 3.10. The van der Waals surface area contributed by atoms with E-state index >= 15 is 0 Å². The Morgan fingerprint density at radius 2 is 1.59 bits per heavy atom. The first-order chi connectivity index (χ1) is 14.3. The number of thioether (sulfide) groups is 1. The SMILES string of the molecule is CCCCC1SC(c2cccc(Oc3ccccc3)c2)N(c2ccccc2)C1=O. The second-order valence-corrected chi connectivity index (χ2v) is 8.44. The zero-order valence-corrected chi connectivity index (χ0v) is 17.3. The van der Waals surface area contributed by atoms with Gasteiger partial charge in [0.1, 0.15) is 16.9 Å². The summed E-state index contributed by atoms with van der Waals surface area (Å²) in [5, 5.41) is -0.0510. The molecule has 0 aromatic heterocycles. The second kappa shape index (κ2) is 9.19. The third-order valence-electron chi connectivity index (χ3n) is 5.02. The Morgan fingerprint density at radius 3 is 2.31 bits per heavy atom. The van der Waals surface area contributed by atoms with Crippen LogP contribution in [0.3, 0.4) is 0 Å². The third kappa shape index (κ3) is 4.48. The quantitative estimate of drug-likeness (QED) is 0.434. The summed E-state index contributed by atoms with van der Waals surface area (Å²) in [6.07, 6.45) is 3.08. The van der Waals surface area contributed by atoms with Crippen molar-refractivity contribution in [3.63, 3.8) is 0 Å². The first kappa shape index (κ1) is 19.6. The predicted molar refractivity (Wildman–Crippen MR) is 121 cm³/mol. The van der Waals surface area contributed by atoms with Crippen molar-refractivity contribution in [3.05, 3.63) is 90.5 Å². The minimum Gasteiger partial charge on any atom is -0.457 e. The van der Waals surface area contributed by atoms with Gasteiger partial charge in [0, 0.05) is 5.69 Å². The molecular formula is C25H25NO2S. The zero-order chi connectivity index (χ0) is 20.1. The van der Waals surface area contributed by atoms with Crippen LogP contribution in [0.25, 0.3) is 0 Å². The van der Waals surface area contributed by atoms with Gasteiger partial charge in [0.15, 0.2) is 0 Å². The predicted octanol–water partition coefficient (Wildman–Crippen LogP) is 6.82. The maximum Gasteiger partial charge on any atom is 0.241 e. The van der Waals surface area contributed by atoms with Gasteiger partial charge < -0.3 is 4.74 Å². The number of amides is 1. The molecule has 4 heteroatoms. The van der Waals surface area contributed by atoms with Crippen LogP contribution in [0, 0.1) is 0 Å². The van der Waals surface area contributed by atoms with Crippen molar-refractivity contribution in [1.29, 1.82) is 0 Å². The molecule has 0 N–H and O–H groups in total. The van der Waals surface area contributed by atoms with Gasteiger partial charge in [-0.05, 0) is 48.4 Å². The molecule has 0 radical (unpaired) electrons. The summed E-state index contributed by atoms with van der Waals surface area (Å²) >= 11 is 1.75. The Morgan fingerprint density at radius 1 is 0.897 bits per heavy atom. The van der Waals surface area contributed by atoms with Gasteiger partial charge in [-0.3, -0.25) is 9.69 Å². The van der Waals surface area contributed by atoms with Crippen LogP contribution in [0.1, 0.15) is 37.1 Å². The number of unbranched alkanes of at least 4 members (excludes halogenated alkanes) is 1. The van der Waals surface area contributed by atoms with Gasteiger partial charge in [-0.1, -0.05) is 68.3 Å². The van der Waals surface area contributed by atoms with Crippen LogP contribution >= 0.6 is 11.8 Å². The summed E-state index contributed by atoms with van der Waals surface area (Å²) in [7, 11) is 0. The number of rotatable bonds is 7. The van der Waals surface area contributed by atoms with Crippen LogP contribution in [0.2, 0.25) is 0 Å². The molecule has 1 heterocycles. The van der Waals surface area contributed by atoms with E-state index in [9.17, 15) is 4.79 Å². The van der Waals surface area contributed by atoms with E-state index in [2.05, 4.69) is 19.1 Å². The minimum atomic E-state index is -0.0499. The zero-order valence-electron chi connectivity index (χ0n) is 16.5. The van der Waals surface area contributed by atoms with E-state index in [0.717, 1.165) is 42.0 Å². The molecule has 0 saturated carbocycles. The number of nitrogens with zero attached hydrogens (tertiary/aromatic N) is 1. The highest BCUT2D eigenvalue weighted by Gasteiger charge is 2.41. The normalized spacial score (nSPS) is 18.8. The van der Waals surface area contributed by atoms with Gasteiger partial charge in [0.25, 0.3) is 0 Å². The van der Waals surface area contributed by atoms with Gasteiger partial charge in [-0.25, -0.2) is 0 Å². The molecule has 1 amide bonds. The average molecular weight is 404 g/mol. The van der Waals surface area contributed by atoms with E-state index in [4.69, 9.17) is 4.74 Å². The highest BCUT2D eigenvalue weighted by atomic mass is 32.2. The van der Waals surface area contributed by atoms with Crippen molar-refractivity contribution in [2.24, 2.45) is 0 Å². The number of ether oxygens (including phenoxy) is 1. The lowest BCUT2D eigenvalue weighted by molar-refractivity contribution is -0.117. The first-order valence-electron chi connectivity index (χ1n) is 10.1. The number of anilines is 1. The van der Waals surface area contributed by atoms with Gasteiger partial charge in [0.2, 0.25) is 5.91 Å². The third-order valence-corrected chi connectivity index (χ3v) is 6.52. The molecule has 2 unspecified atom stereocenters. The van der Waals surface area contributed by atoms with Gasteiger partial charge in [-0.15, -0.1) is 11.8 Å². The molecule has 3 aromatic rings. The van der Waals surface area contributed by atoms with Crippen LogP contribution in [0.5, 0.6) is 11.5 Å². The van der Waals surface area contributed by atoms with Crippen molar-refractivity contribution >= 4 is 23.4 Å². The first-order valence-corrected chi connectivity index (χ1v) is 11.1. The standard InChI is InChI=1S/C25H25NO2S/c1-2-3-17-23-24(27)26(20-12-6-4-7-13-20)25(29-23)19-11-10-16-22(18-19)28-21-14-8-5-9-15-21/h4-16,18,23,25H,2-3,17H2,1H3. The fourth-order valence-corrected chi connectivity index (χ4v) is 5.06. The monoisotopic (exact) mass is 403 g/mol. The Kier molecular flexibility index (Phi) is 6.20. The topological polar surface area (TPSA) is 29.5 Å². The van der Waals surface area contributed by atoms with E-state index in [1.807, 2.05) is 77.7 Å². The lowest BCUT2D eigenvalue weighted by atomic mass is 10.1. The largest absolute Gasteiger partial charge is 0.457 e. The number of carbonyl (C=O) groups excluding carboxylic acids is 1. The highest BCUT2D eigenvalue weighted by molar-refractivity contribution is 8.01. The molecule has 2 atom stereocenters. The molecule has 1 aliphatic rings. The van der Waals surface area contributed by atoms with E-state index in [1.54, 1.807) is 11.8 Å². The van der Waals surface area contributed by atoms with Crippen molar-refractivity contribution in [2.75, 3.05) is 4.90 Å². The van der Waals surface area contributed by atoms with Gasteiger partial charge >= 0.3 is 0 Å². The molecule has 1 aliphatic heterocycles. The van der Waals surface area contributed by atoms with Crippen molar-refractivity contribution in [2.45, 2.75) is 36.8 Å². The summed E-state index contributed by atoms with van der Waals surface area (Å²) in [6, 6.07) is 27.8. The van der Waals surface area contributed by atoms with E-state index < -0.39 is 0 Å². The van der Waals surface area contributed by atoms with Gasteiger partial charge in [0.05, 0.1) is 5.25 Å². The molecule has 3 aromatic carbocycles. The molecule has 0 bridgehead atoms. The second-order valence-electron chi connectivity index (χ2n) is 7.15. The summed E-state index contributed by atoms with van der Waals surface area (Å²) in [4.78, 5) is 15.2. The Labute approximate surface area is 176 Å². The molecule has 4 rings (SSSR count). The lowest BCUT2D eigenvalue weighted by Gasteiger charge is -2.24. The Hall–Kier alpha value is -2.72. The van der Waals surface area contributed by atoms with E-state index in [-0.39, 0.29) is 16.5 Å². The van der Waals surface area contributed by atoms with Crippen molar-refractivity contribution in [1.82, 2.24) is 0 Å².